The van der Waals surface area contributed by atoms with E-state index in [4.69, 9.17) is 5.73 Å². The fraction of sp³-hybridized carbons (Fsp3) is 0. The predicted octanol–water partition coefficient (Wildman–Crippen LogP) is 1.86. The van der Waals surface area contributed by atoms with Crippen LogP contribution in [0.15, 0.2) is 48.8 Å². The Morgan fingerprint density at radius 2 is 1.85 bits per heavy atom. The Balaban J connectivity index is 1.96. The Labute approximate surface area is 114 Å². The lowest BCUT2D eigenvalue weighted by atomic mass is 10.1. The van der Waals surface area contributed by atoms with Gasteiger partial charge in [-0.1, -0.05) is 18.2 Å². The zero-order chi connectivity index (χ0) is 13.9. The van der Waals surface area contributed by atoms with E-state index in [2.05, 4.69) is 20.3 Å². The number of amides is 1. The van der Waals surface area contributed by atoms with Crippen molar-refractivity contribution in [3.8, 4) is 0 Å². The van der Waals surface area contributed by atoms with E-state index in [1.54, 1.807) is 24.5 Å². The minimum atomic E-state index is -0.395. The van der Waals surface area contributed by atoms with Crippen LogP contribution in [0.1, 0.15) is 10.5 Å². The van der Waals surface area contributed by atoms with Crippen LogP contribution in [0.5, 0.6) is 0 Å². The third-order valence-electron chi connectivity index (χ3n) is 2.77. The number of hydrogen-bond donors (Lipinski definition) is 2. The van der Waals surface area contributed by atoms with Crippen molar-refractivity contribution in [2.75, 3.05) is 11.1 Å². The Morgan fingerprint density at radius 3 is 2.65 bits per heavy atom. The molecule has 1 amide bonds. The summed E-state index contributed by atoms with van der Waals surface area (Å²) in [6.45, 7) is 0. The van der Waals surface area contributed by atoms with Crippen LogP contribution in [-0.2, 0) is 0 Å². The summed E-state index contributed by atoms with van der Waals surface area (Å²) in [4.78, 5) is 24.2. The fourth-order valence-electron chi connectivity index (χ4n) is 1.85. The number of para-hydroxylation sites is 1. The van der Waals surface area contributed by atoms with Crippen molar-refractivity contribution in [3.05, 3.63) is 54.5 Å². The molecule has 98 valence electrons. The SMILES string of the molecule is Nc1cc(C(=O)Nc2ncccn2)nc2ccccc12. The maximum Gasteiger partial charge on any atom is 0.276 e. The molecule has 2 heterocycles. The number of nitrogens with two attached hydrogens (primary N) is 1. The number of anilines is 2. The van der Waals surface area contributed by atoms with Crippen LogP contribution in [0, 0.1) is 0 Å². The molecule has 6 heteroatoms. The van der Waals surface area contributed by atoms with Gasteiger partial charge in [0.15, 0.2) is 0 Å². The number of hydrogen-bond acceptors (Lipinski definition) is 5. The summed E-state index contributed by atoms with van der Waals surface area (Å²) in [6.07, 6.45) is 3.09. The smallest absolute Gasteiger partial charge is 0.276 e. The van der Waals surface area contributed by atoms with Crippen LogP contribution in [0.25, 0.3) is 10.9 Å². The number of nitrogen functional groups attached to an aromatic ring is 1. The van der Waals surface area contributed by atoms with Crippen LogP contribution in [0.2, 0.25) is 0 Å². The quantitative estimate of drug-likeness (QED) is 0.737. The maximum atomic E-state index is 12.1. The van der Waals surface area contributed by atoms with E-state index in [0.29, 0.717) is 11.2 Å². The van der Waals surface area contributed by atoms with Gasteiger partial charge >= 0.3 is 0 Å². The minimum absolute atomic E-state index is 0.228. The summed E-state index contributed by atoms with van der Waals surface area (Å²) < 4.78 is 0. The first-order chi connectivity index (χ1) is 9.74. The highest BCUT2D eigenvalue weighted by Crippen LogP contribution is 2.20. The van der Waals surface area contributed by atoms with Gasteiger partial charge in [0.2, 0.25) is 5.95 Å². The Kier molecular flexibility index (Phi) is 2.96. The first kappa shape index (κ1) is 12.0. The molecular weight excluding hydrogens is 254 g/mol. The number of fused-ring (bicyclic) bond motifs is 1. The Hall–Kier alpha value is -3.02. The molecule has 2 aromatic heterocycles. The molecule has 0 spiro atoms. The van der Waals surface area contributed by atoms with Gasteiger partial charge in [-0.3, -0.25) is 10.1 Å². The number of pyridine rings is 1. The molecule has 0 unspecified atom stereocenters. The number of nitrogens with one attached hydrogen (secondary N) is 1. The number of rotatable bonds is 2. The van der Waals surface area contributed by atoms with E-state index in [1.807, 2.05) is 24.3 Å². The van der Waals surface area contributed by atoms with E-state index in [0.717, 1.165) is 5.39 Å². The van der Waals surface area contributed by atoms with Crippen LogP contribution in [0.4, 0.5) is 11.6 Å². The third kappa shape index (κ3) is 2.26. The van der Waals surface area contributed by atoms with Crippen molar-refractivity contribution in [2.24, 2.45) is 0 Å². The average Bonchev–Trinajstić information content (AvgIpc) is 2.48. The standard InChI is InChI=1S/C14H11N5O/c15-10-8-12(18-11-5-2-1-4-9(10)11)13(20)19-14-16-6-3-7-17-14/h1-8H,(H2,15,18)(H,16,17,19,20). The minimum Gasteiger partial charge on any atom is -0.398 e. The molecular formula is C14H11N5O. The van der Waals surface area contributed by atoms with E-state index in [1.165, 1.54) is 0 Å². The van der Waals surface area contributed by atoms with Gasteiger partial charge in [-0.2, -0.15) is 0 Å². The Bertz CT molecular complexity index is 773. The molecule has 0 saturated heterocycles. The third-order valence-corrected chi connectivity index (χ3v) is 2.77. The van der Waals surface area contributed by atoms with Crippen LogP contribution in [-0.4, -0.2) is 20.9 Å². The van der Waals surface area contributed by atoms with Crippen molar-refractivity contribution in [2.45, 2.75) is 0 Å². The molecule has 6 nitrogen and oxygen atoms in total. The van der Waals surface area contributed by atoms with Crippen LogP contribution < -0.4 is 11.1 Å². The lowest BCUT2D eigenvalue weighted by Gasteiger charge is -2.06. The number of aromatic nitrogens is 3. The highest BCUT2D eigenvalue weighted by molar-refractivity contribution is 6.05. The molecule has 0 aliphatic heterocycles. The zero-order valence-corrected chi connectivity index (χ0v) is 10.4. The van der Waals surface area contributed by atoms with Crippen molar-refractivity contribution in [1.82, 2.24) is 15.0 Å². The van der Waals surface area contributed by atoms with Crippen molar-refractivity contribution in [1.29, 1.82) is 0 Å². The first-order valence-corrected chi connectivity index (χ1v) is 5.97. The molecule has 0 saturated carbocycles. The second-order valence-corrected chi connectivity index (χ2v) is 4.14. The van der Waals surface area contributed by atoms with Gasteiger partial charge in [-0.05, 0) is 18.2 Å². The van der Waals surface area contributed by atoms with E-state index >= 15 is 0 Å². The highest BCUT2D eigenvalue weighted by atomic mass is 16.2. The number of carbonyl (C=O) groups excluding carboxylic acids is 1. The van der Waals surface area contributed by atoms with Crippen molar-refractivity contribution in [3.63, 3.8) is 0 Å². The second kappa shape index (κ2) is 4.93. The van der Waals surface area contributed by atoms with Gasteiger partial charge in [0.25, 0.3) is 5.91 Å². The summed E-state index contributed by atoms with van der Waals surface area (Å²) in [5, 5.41) is 3.39. The molecule has 0 bridgehead atoms. The molecule has 0 atom stereocenters. The summed E-state index contributed by atoms with van der Waals surface area (Å²) >= 11 is 0. The number of carbonyl (C=O) groups is 1. The second-order valence-electron chi connectivity index (χ2n) is 4.14. The molecule has 3 rings (SSSR count). The molecule has 3 aromatic rings. The lowest BCUT2D eigenvalue weighted by molar-refractivity contribution is 0.102. The number of benzene rings is 1. The van der Waals surface area contributed by atoms with E-state index in [9.17, 15) is 4.79 Å². The van der Waals surface area contributed by atoms with Gasteiger partial charge in [0, 0.05) is 23.5 Å². The summed E-state index contributed by atoms with van der Waals surface area (Å²) in [7, 11) is 0. The largest absolute Gasteiger partial charge is 0.398 e. The maximum absolute atomic E-state index is 12.1. The van der Waals surface area contributed by atoms with Crippen molar-refractivity contribution < 1.29 is 4.79 Å². The topological polar surface area (TPSA) is 93.8 Å². The molecule has 3 N–H and O–H groups in total. The van der Waals surface area contributed by atoms with Crippen LogP contribution >= 0.6 is 0 Å². The molecule has 0 fully saturated rings. The monoisotopic (exact) mass is 265 g/mol. The van der Waals surface area contributed by atoms with E-state index in [-0.39, 0.29) is 11.6 Å². The first-order valence-electron chi connectivity index (χ1n) is 5.97. The molecule has 0 aliphatic carbocycles. The fourth-order valence-corrected chi connectivity index (χ4v) is 1.85. The van der Waals surface area contributed by atoms with Crippen LogP contribution in [0.3, 0.4) is 0 Å². The predicted molar refractivity (Wildman–Crippen MR) is 76.1 cm³/mol. The molecule has 0 radical (unpaired) electrons. The molecule has 1 aromatic carbocycles. The normalized spacial score (nSPS) is 10.4. The molecule has 20 heavy (non-hydrogen) atoms. The lowest BCUT2D eigenvalue weighted by Crippen LogP contribution is -2.16. The van der Waals surface area contributed by atoms with E-state index < -0.39 is 5.91 Å². The van der Waals surface area contributed by atoms with Gasteiger partial charge in [-0.15, -0.1) is 0 Å². The summed E-state index contributed by atoms with van der Waals surface area (Å²) in [5.41, 5.74) is 7.35. The van der Waals surface area contributed by atoms with Gasteiger partial charge in [0.05, 0.1) is 5.52 Å². The average molecular weight is 265 g/mol. The summed E-state index contributed by atoms with van der Waals surface area (Å²) in [6, 6.07) is 10.6. The van der Waals surface area contributed by atoms with Gasteiger partial charge < -0.3 is 5.73 Å². The summed E-state index contributed by atoms with van der Waals surface area (Å²) in [5.74, 6) is -0.167. The van der Waals surface area contributed by atoms with Gasteiger partial charge in [-0.25, -0.2) is 15.0 Å². The number of nitrogens with zero attached hydrogens (tertiary/aromatic N) is 3. The zero-order valence-electron chi connectivity index (χ0n) is 10.4. The van der Waals surface area contributed by atoms with Gasteiger partial charge in [0.1, 0.15) is 5.69 Å². The highest BCUT2D eigenvalue weighted by Gasteiger charge is 2.11. The van der Waals surface area contributed by atoms with Crippen molar-refractivity contribution >= 4 is 28.4 Å². The Morgan fingerprint density at radius 1 is 1.10 bits per heavy atom. The molecule has 0 aliphatic rings.